The highest BCUT2D eigenvalue weighted by molar-refractivity contribution is 6.02. The van der Waals surface area contributed by atoms with Crippen LogP contribution in [0.4, 0.5) is 14.5 Å². The Balaban J connectivity index is 1.64. The standard InChI is InChI=1S/C30H31F2NO9/c1-2-40-41-18-33-5-6-36-7-8-37-9-10-38-11-12-39-29-13-19(3-4-24(29)33)30-20-14-22(31)25(34)16-27(20)42-28-17-26(35)23(32)15-21(28)30/h3-4,13-17,34H,2,5-12,18H2,1H3. The average Bonchev–Trinajstić information content (AvgIpc) is 2.98. The van der Waals surface area contributed by atoms with Crippen LogP contribution in [0.15, 0.2) is 51.7 Å². The molecule has 5 rings (SSSR count). The lowest BCUT2D eigenvalue weighted by molar-refractivity contribution is -0.290. The van der Waals surface area contributed by atoms with Crippen LogP contribution in [-0.4, -0.2) is 71.2 Å². The van der Waals surface area contributed by atoms with E-state index in [2.05, 4.69) is 0 Å². The number of phenols is 1. The zero-order chi connectivity index (χ0) is 29.5. The summed E-state index contributed by atoms with van der Waals surface area (Å²) in [5.41, 5.74) is 1.06. The van der Waals surface area contributed by atoms with Gasteiger partial charge in [-0.05, 0) is 36.8 Å². The lowest BCUT2D eigenvalue weighted by Gasteiger charge is -2.27. The predicted molar refractivity (Wildman–Crippen MR) is 149 cm³/mol. The normalized spacial score (nSPS) is 15.6. The summed E-state index contributed by atoms with van der Waals surface area (Å²) in [5, 5.41) is 10.3. The van der Waals surface area contributed by atoms with Crippen molar-refractivity contribution in [3.05, 3.63) is 64.3 Å². The Bertz CT molecular complexity index is 1540. The highest BCUT2D eigenvalue weighted by atomic mass is 19.1. The first-order chi connectivity index (χ1) is 20.5. The molecule has 0 atom stereocenters. The van der Waals surface area contributed by atoms with Crippen LogP contribution in [0.3, 0.4) is 0 Å². The van der Waals surface area contributed by atoms with Crippen molar-refractivity contribution in [2.24, 2.45) is 0 Å². The Kier molecular flexibility index (Phi) is 9.82. The Hall–Kier alpha value is -3.81. The molecule has 2 aromatic carbocycles. The number of halogens is 2. The predicted octanol–water partition coefficient (Wildman–Crippen LogP) is 4.72. The van der Waals surface area contributed by atoms with E-state index in [4.69, 9.17) is 33.1 Å². The Morgan fingerprint density at radius 1 is 0.881 bits per heavy atom. The zero-order valence-electron chi connectivity index (χ0n) is 23.0. The Morgan fingerprint density at radius 2 is 1.62 bits per heavy atom. The van der Waals surface area contributed by atoms with Crippen molar-refractivity contribution < 1.29 is 47.0 Å². The summed E-state index contributed by atoms with van der Waals surface area (Å²) in [4.78, 5) is 24.5. The van der Waals surface area contributed by atoms with E-state index in [-0.39, 0.29) is 42.2 Å². The SMILES string of the molecule is CCOOCN1CCOCCOCCOCCOc2cc(-c3c4cc(F)c(=O)cc-4oc4cc(O)c(F)cc34)ccc21. The highest BCUT2D eigenvalue weighted by Crippen LogP contribution is 2.44. The molecule has 10 nitrogen and oxygen atoms in total. The molecule has 2 heterocycles. The van der Waals surface area contributed by atoms with Crippen molar-refractivity contribution in [3.8, 4) is 33.9 Å². The van der Waals surface area contributed by atoms with Crippen LogP contribution < -0.4 is 15.1 Å². The second-order valence-electron chi connectivity index (χ2n) is 9.34. The van der Waals surface area contributed by atoms with Gasteiger partial charge in [0.05, 0.1) is 51.9 Å². The fourth-order valence-electron chi connectivity index (χ4n) is 4.62. The van der Waals surface area contributed by atoms with Crippen LogP contribution in [-0.2, 0) is 24.0 Å². The van der Waals surface area contributed by atoms with E-state index in [1.165, 1.54) is 0 Å². The fourth-order valence-corrected chi connectivity index (χ4v) is 4.62. The van der Waals surface area contributed by atoms with Gasteiger partial charge < -0.3 is 33.4 Å². The summed E-state index contributed by atoms with van der Waals surface area (Å²) in [5.74, 6) is -1.98. The van der Waals surface area contributed by atoms with Crippen molar-refractivity contribution in [2.75, 3.05) is 71.0 Å². The summed E-state index contributed by atoms with van der Waals surface area (Å²) < 4.78 is 57.9. The fraction of sp³-hybridized carbons (Fsp3) is 0.367. The lowest BCUT2D eigenvalue weighted by atomic mass is 9.93. The van der Waals surface area contributed by atoms with Gasteiger partial charge in [-0.25, -0.2) is 18.6 Å². The summed E-state index contributed by atoms with van der Waals surface area (Å²) in [6.45, 7) is 5.18. The van der Waals surface area contributed by atoms with Gasteiger partial charge in [0.15, 0.2) is 24.1 Å². The van der Waals surface area contributed by atoms with Gasteiger partial charge in [0.2, 0.25) is 5.43 Å². The second-order valence-corrected chi connectivity index (χ2v) is 9.34. The van der Waals surface area contributed by atoms with E-state index < -0.39 is 22.8 Å². The van der Waals surface area contributed by atoms with Crippen LogP contribution in [0.5, 0.6) is 11.5 Å². The van der Waals surface area contributed by atoms with Gasteiger partial charge in [-0.2, -0.15) is 0 Å². The largest absolute Gasteiger partial charge is 0.505 e. The molecule has 0 amide bonds. The van der Waals surface area contributed by atoms with Gasteiger partial charge in [0, 0.05) is 35.2 Å². The molecule has 1 N–H and O–H groups in total. The molecule has 0 unspecified atom stereocenters. The van der Waals surface area contributed by atoms with Crippen LogP contribution in [0, 0.1) is 11.6 Å². The average molecular weight is 588 g/mol. The first-order valence-electron chi connectivity index (χ1n) is 13.5. The molecule has 3 aliphatic rings. The molecular formula is C30H31F2NO9. The van der Waals surface area contributed by atoms with Crippen molar-refractivity contribution in [1.29, 1.82) is 0 Å². The van der Waals surface area contributed by atoms with Crippen LogP contribution >= 0.6 is 0 Å². The molecule has 0 aromatic heterocycles. The number of aromatic hydroxyl groups is 1. The van der Waals surface area contributed by atoms with Crippen LogP contribution in [0.1, 0.15) is 6.92 Å². The molecule has 0 saturated heterocycles. The first kappa shape index (κ1) is 29.7. The molecule has 224 valence electrons. The second kappa shape index (κ2) is 13.9. The van der Waals surface area contributed by atoms with E-state index in [1.54, 1.807) is 25.1 Å². The van der Waals surface area contributed by atoms with Crippen molar-refractivity contribution in [2.45, 2.75) is 6.92 Å². The lowest BCUT2D eigenvalue weighted by Crippen LogP contribution is -2.31. The highest BCUT2D eigenvalue weighted by Gasteiger charge is 2.23. The molecule has 0 bridgehead atoms. The number of ether oxygens (including phenoxy) is 4. The Morgan fingerprint density at radius 3 is 2.38 bits per heavy atom. The minimum atomic E-state index is -0.983. The van der Waals surface area contributed by atoms with Gasteiger partial charge in [-0.3, -0.25) is 4.79 Å². The summed E-state index contributed by atoms with van der Waals surface area (Å²) in [7, 11) is 0. The topological polar surface area (TPSA) is 109 Å². The van der Waals surface area contributed by atoms with E-state index in [1.807, 2.05) is 4.90 Å². The maximum atomic E-state index is 14.6. The number of fused-ring (bicyclic) bond motifs is 3. The smallest absolute Gasteiger partial charge is 0.217 e. The van der Waals surface area contributed by atoms with Gasteiger partial charge >= 0.3 is 0 Å². The number of benzene rings is 3. The van der Waals surface area contributed by atoms with Crippen LogP contribution in [0.2, 0.25) is 0 Å². The van der Waals surface area contributed by atoms with E-state index in [0.29, 0.717) is 68.7 Å². The van der Waals surface area contributed by atoms with Gasteiger partial charge in [0.1, 0.15) is 23.7 Å². The first-order valence-corrected chi connectivity index (χ1v) is 13.5. The number of phenolic OH excluding ortho intramolecular Hbond substituents is 1. The van der Waals surface area contributed by atoms with Gasteiger partial charge in [-0.15, -0.1) is 0 Å². The summed E-state index contributed by atoms with van der Waals surface area (Å²) >= 11 is 0. The summed E-state index contributed by atoms with van der Waals surface area (Å²) in [6.07, 6.45) is 0. The Labute approximate surface area is 240 Å². The quantitative estimate of drug-likeness (QED) is 0.152. The number of rotatable bonds is 5. The minimum absolute atomic E-state index is 0.0674. The molecule has 0 spiro atoms. The van der Waals surface area contributed by atoms with E-state index >= 15 is 0 Å². The number of hydrogen-bond acceptors (Lipinski definition) is 10. The molecule has 12 heteroatoms. The summed E-state index contributed by atoms with van der Waals surface area (Å²) in [6, 6.07) is 9.60. The molecule has 2 aromatic rings. The number of nitrogens with zero attached hydrogens (tertiary/aromatic N) is 1. The third-order valence-electron chi connectivity index (χ3n) is 6.58. The molecule has 0 fully saturated rings. The molecule has 1 aliphatic carbocycles. The molecular weight excluding hydrogens is 556 g/mol. The maximum absolute atomic E-state index is 14.6. The van der Waals surface area contributed by atoms with Gasteiger partial charge in [0.25, 0.3) is 0 Å². The van der Waals surface area contributed by atoms with E-state index in [0.717, 1.165) is 24.3 Å². The van der Waals surface area contributed by atoms with E-state index in [9.17, 15) is 18.7 Å². The third-order valence-corrected chi connectivity index (χ3v) is 6.58. The van der Waals surface area contributed by atoms with Crippen molar-refractivity contribution in [3.63, 3.8) is 0 Å². The zero-order valence-corrected chi connectivity index (χ0v) is 23.0. The molecule has 2 aliphatic heterocycles. The number of anilines is 1. The molecule has 42 heavy (non-hydrogen) atoms. The van der Waals surface area contributed by atoms with Crippen molar-refractivity contribution in [1.82, 2.24) is 0 Å². The number of hydrogen-bond donors (Lipinski definition) is 1. The van der Waals surface area contributed by atoms with Gasteiger partial charge in [-0.1, -0.05) is 6.07 Å². The monoisotopic (exact) mass is 587 g/mol. The molecule has 0 saturated carbocycles. The molecule has 0 radical (unpaired) electrons. The maximum Gasteiger partial charge on any atom is 0.217 e. The third kappa shape index (κ3) is 6.80. The van der Waals surface area contributed by atoms with Crippen molar-refractivity contribution >= 4 is 16.7 Å². The minimum Gasteiger partial charge on any atom is -0.505 e. The van der Waals surface area contributed by atoms with Crippen LogP contribution in [0.25, 0.3) is 33.4 Å².